The van der Waals surface area contributed by atoms with Gasteiger partial charge in [0.1, 0.15) is 11.8 Å². The second-order valence-electron chi connectivity index (χ2n) is 7.91. The monoisotopic (exact) mass is 412 g/mol. The summed E-state index contributed by atoms with van der Waals surface area (Å²) < 4.78 is 6.01. The fourth-order valence-corrected chi connectivity index (χ4v) is 4.37. The van der Waals surface area contributed by atoms with Gasteiger partial charge in [-0.25, -0.2) is 0 Å². The van der Waals surface area contributed by atoms with Crippen LogP contribution >= 0.6 is 0 Å². The summed E-state index contributed by atoms with van der Waals surface area (Å²) in [5, 5.41) is 14.1. The number of carbonyl (C=O) groups is 1. The van der Waals surface area contributed by atoms with E-state index in [1.165, 1.54) is 5.56 Å². The van der Waals surface area contributed by atoms with E-state index in [0.717, 1.165) is 39.9 Å². The standard InChI is InChI=1S/C26H24N2O3/c29-26(30)23-16-21-20-11-4-5-12-22(20)27-25(21)24(28-23)18-9-6-10-19(15-18)31-14-13-17-7-2-1-3-8-17/h1-12,15,23-24,27-28H,13-14,16H2,(H,29,30). The van der Waals surface area contributed by atoms with Gasteiger partial charge in [-0.3, -0.25) is 10.1 Å². The summed E-state index contributed by atoms with van der Waals surface area (Å²) in [6, 6.07) is 25.4. The molecule has 2 unspecified atom stereocenters. The summed E-state index contributed by atoms with van der Waals surface area (Å²) >= 11 is 0. The first-order valence-electron chi connectivity index (χ1n) is 10.5. The third-order valence-corrected chi connectivity index (χ3v) is 5.90. The van der Waals surface area contributed by atoms with E-state index in [1.807, 2.05) is 60.7 Å². The van der Waals surface area contributed by atoms with Gasteiger partial charge in [0.2, 0.25) is 0 Å². The summed E-state index contributed by atoms with van der Waals surface area (Å²) in [6.45, 7) is 0.584. The number of aromatic amines is 1. The first-order chi connectivity index (χ1) is 15.2. The van der Waals surface area contributed by atoms with E-state index in [1.54, 1.807) is 0 Å². The van der Waals surface area contributed by atoms with Gasteiger partial charge in [0.15, 0.2) is 0 Å². The second-order valence-corrected chi connectivity index (χ2v) is 7.91. The number of aromatic nitrogens is 1. The van der Waals surface area contributed by atoms with Crippen LogP contribution in [0.4, 0.5) is 0 Å². The number of carboxylic acids is 1. The van der Waals surface area contributed by atoms with Crippen LogP contribution in [0.2, 0.25) is 0 Å². The van der Waals surface area contributed by atoms with Crippen molar-refractivity contribution in [3.63, 3.8) is 0 Å². The average Bonchev–Trinajstić information content (AvgIpc) is 3.18. The predicted octanol–water partition coefficient (Wildman–Crippen LogP) is 4.48. The third kappa shape index (κ3) is 3.92. The number of aliphatic carboxylic acids is 1. The zero-order chi connectivity index (χ0) is 21.2. The Morgan fingerprint density at radius 1 is 1.00 bits per heavy atom. The number of hydrogen-bond donors (Lipinski definition) is 3. The van der Waals surface area contributed by atoms with E-state index in [4.69, 9.17) is 4.74 Å². The molecule has 5 nitrogen and oxygen atoms in total. The van der Waals surface area contributed by atoms with Gasteiger partial charge in [-0.05, 0) is 34.9 Å². The number of nitrogens with one attached hydrogen (secondary N) is 2. The lowest BCUT2D eigenvalue weighted by atomic mass is 9.90. The molecule has 5 rings (SSSR count). The summed E-state index contributed by atoms with van der Waals surface area (Å²) in [7, 11) is 0. The van der Waals surface area contributed by atoms with Gasteiger partial charge in [-0.15, -0.1) is 0 Å². The third-order valence-electron chi connectivity index (χ3n) is 5.90. The lowest BCUT2D eigenvalue weighted by Gasteiger charge is -2.29. The van der Waals surface area contributed by atoms with E-state index in [0.29, 0.717) is 13.0 Å². The van der Waals surface area contributed by atoms with Gasteiger partial charge >= 0.3 is 5.97 Å². The molecule has 1 aromatic heterocycles. The zero-order valence-electron chi connectivity index (χ0n) is 17.0. The number of para-hydroxylation sites is 1. The SMILES string of the molecule is O=C(O)C1Cc2c([nH]c3ccccc23)C(c2cccc(OCCc3ccccc3)c2)N1. The van der Waals surface area contributed by atoms with Crippen molar-refractivity contribution in [2.45, 2.75) is 24.9 Å². The Hall–Kier alpha value is -3.57. The molecule has 3 aromatic carbocycles. The maximum atomic E-state index is 11.8. The fraction of sp³-hybridized carbons (Fsp3) is 0.192. The molecule has 31 heavy (non-hydrogen) atoms. The Bertz CT molecular complexity index is 1220. The van der Waals surface area contributed by atoms with Gasteiger partial charge in [-0.1, -0.05) is 60.7 Å². The van der Waals surface area contributed by atoms with E-state index in [2.05, 4.69) is 28.5 Å². The second kappa shape index (κ2) is 8.28. The van der Waals surface area contributed by atoms with E-state index in [9.17, 15) is 9.90 Å². The van der Waals surface area contributed by atoms with Crippen molar-refractivity contribution in [2.24, 2.45) is 0 Å². The number of benzene rings is 3. The highest BCUT2D eigenvalue weighted by atomic mass is 16.5. The highest BCUT2D eigenvalue weighted by Crippen LogP contribution is 2.36. The molecule has 156 valence electrons. The maximum Gasteiger partial charge on any atom is 0.321 e. The molecule has 0 spiro atoms. The number of hydrogen-bond acceptors (Lipinski definition) is 3. The van der Waals surface area contributed by atoms with Crippen LogP contribution in [-0.2, 0) is 17.6 Å². The Morgan fingerprint density at radius 3 is 2.65 bits per heavy atom. The number of rotatable bonds is 6. The van der Waals surface area contributed by atoms with E-state index >= 15 is 0 Å². The van der Waals surface area contributed by atoms with Gasteiger partial charge in [-0.2, -0.15) is 0 Å². The van der Waals surface area contributed by atoms with Crippen molar-refractivity contribution in [3.8, 4) is 5.75 Å². The van der Waals surface area contributed by atoms with Gasteiger partial charge in [0, 0.05) is 29.4 Å². The van der Waals surface area contributed by atoms with Gasteiger partial charge in [0.25, 0.3) is 0 Å². The number of H-pyrrole nitrogens is 1. The van der Waals surface area contributed by atoms with Crippen LogP contribution in [0.1, 0.15) is 28.4 Å². The summed E-state index contributed by atoms with van der Waals surface area (Å²) in [5.74, 6) is -0.0541. The number of carboxylic acid groups (broad SMARTS) is 1. The zero-order valence-corrected chi connectivity index (χ0v) is 17.0. The smallest absolute Gasteiger partial charge is 0.321 e. The Morgan fingerprint density at radius 2 is 1.81 bits per heavy atom. The van der Waals surface area contributed by atoms with Crippen molar-refractivity contribution in [2.75, 3.05) is 6.61 Å². The minimum Gasteiger partial charge on any atom is -0.493 e. The number of fused-ring (bicyclic) bond motifs is 3. The van der Waals surface area contributed by atoms with E-state index in [-0.39, 0.29) is 6.04 Å². The normalized spacial score (nSPS) is 17.9. The first kappa shape index (κ1) is 19.4. The van der Waals surface area contributed by atoms with Gasteiger partial charge in [0.05, 0.1) is 12.6 Å². The highest BCUT2D eigenvalue weighted by Gasteiger charge is 2.33. The Labute approximate surface area is 180 Å². The molecule has 1 aliphatic heterocycles. The van der Waals surface area contributed by atoms with Crippen LogP contribution in [0, 0.1) is 0 Å². The molecule has 0 bridgehead atoms. The molecule has 5 heteroatoms. The molecule has 0 saturated carbocycles. The number of ether oxygens (including phenoxy) is 1. The van der Waals surface area contributed by atoms with E-state index < -0.39 is 12.0 Å². The summed E-state index contributed by atoms with van der Waals surface area (Å²) in [5.41, 5.74) is 5.35. The minimum absolute atomic E-state index is 0.241. The molecule has 0 radical (unpaired) electrons. The molecule has 2 atom stereocenters. The molecule has 4 aromatic rings. The Balaban J connectivity index is 1.42. The van der Waals surface area contributed by atoms with Crippen LogP contribution in [0.3, 0.4) is 0 Å². The van der Waals surface area contributed by atoms with Crippen LogP contribution in [0.15, 0.2) is 78.9 Å². The molecule has 0 amide bonds. The lowest BCUT2D eigenvalue weighted by molar-refractivity contribution is -0.139. The molecule has 0 saturated heterocycles. The highest BCUT2D eigenvalue weighted by molar-refractivity contribution is 5.87. The molecule has 0 aliphatic carbocycles. The lowest BCUT2D eigenvalue weighted by Crippen LogP contribution is -2.44. The molecule has 0 fully saturated rings. The fourth-order valence-electron chi connectivity index (χ4n) is 4.37. The summed E-state index contributed by atoms with van der Waals surface area (Å²) in [4.78, 5) is 15.4. The van der Waals surface area contributed by atoms with Crippen molar-refractivity contribution < 1.29 is 14.6 Å². The molecule has 1 aliphatic rings. The van der Waals surface area contributed by atoms with Crippen LogP contribution < -0.4 is 10.1 Å². The topological polar surface area (TPSA) is 74.3 Å². The molecule has 3 N–H and O–H groups in total. The maximum absolute atomic E-state index is 11.8. The molecular weight excluding hydrogens is 388 g/mol. The van der Waals surface area contributed by atoms with Crippen molar-refractivity contribution in [3.05, 3.63) is 101 Å². The van der Waals surface area contributed by atoms with Crippen molar-refractivity contribution in [1.82, 2.24) is 10.3 Å². The predicted molar refractivity (Wildman–Crippen MR) is 120 cm³/mol. The largest absolute Gasteiger partial charge is 0.493 e. The van der Waals surface area contributed by atoms with Crippen LogP contribution in [0.25, 0.3) is 10.9 Å². The molecular formula is C26H24N2O3. The minimum atomic E-state index is -0.837. The average molecular weight is 412 g/mol. The van der Waals surface area contributed by atoms with Crippen LogP contribution in [-0.4, -0.2) is 28.7 Å². The molecule has 2 heterocycles. The quantitative estimate of drug-likeness (QED) is 0.437. The van der Waals surface area contributed by atoms with Gasteiger partial charge < -0.3 is 14.8 Å². The van der Waals surface area contributed by atoms with Crippen LogP contribution in [0.5, 0.6) is 5.75 Å². The van der Waals surface area contributed by atoms with Crippen molar-refractivity contribution >= 4 is 16.9 Å². The first-order valence-corrected chi connectivity index (χ1v) is 10.5. The van der Waals surface area contributed by atoms with Crippen molar-refractivity contribution in [1.29, 1.82) is 0 Å². The Kier molecular flexibility index (Phi) is 5.18. The summed E-state index contributed by atoms with van der Waals surface area (Å²) in [6.07, 6.45) is 1.29.